The number of hydrogen-bond acceptors (Lipinski definition) is 3. The third-order valence-corrected chi connectivity index (χ3v) is 2.29. The molecule has 0 aliphatic carbocycles. The summed E-state index contributed by atoms with van der Waals surface area (Å²) in [7, 11) is 0. The number of ether oxygens (including phenoxy) is 1. The Morgan fingerprint density at radius 2 is 2.14 bits per heavy atom. The number of carbonyl (C=O) groups excluding carboxylic acids is 1. The summed E-state index contributed by atoms with van der Waals surface area (Å²) in [6.07, 6.45) is 0. The van der Waals surface area contributed by atoms with Gasteiger partial charge in [0.2, 0.25) is 5.91 Å². The first-order valence-corrected chi connectivity index (χ1v) is 4.89. The first-order chi connectivity index (χ1) is 6.29. The molecule has 1 atom stereocenters. The number of halogens is 1. The third-order valence-electron chi connectivity index (χ3n) is 2.29. The van der Waals surface area contributed by atoms with Gasteiger partial charge in [-0.1, -0.05) is 0 Å². The molecule has 1 rings (SSSR count). The van der Waals surface area contributed by atoms with E-state index in [1.54, 1.807) is 0 Å². The minimum absolute atomic E-state index is 0. The zero-order valence-electron chi connectivity index (χ0n) is 8.78. The molecule has 0 saturated carbocycles. The van der Waals surface area contributed by atoms with Gasteiger partial charge in [0.1, 0.15) is 6.04 Å². The molecule has 4 nitrogen and oxygen atoms in total. The van der Waals surface area contributed by atoms with Crippen LogP contribution in [0, 0.1) is 0 Å². The molecule has 1 aliphatic heterocycles. The topological polar surface area (TPSA) is 41.6 Å². The van der Waals surface area contributed by atoms with E-state index in [2.05, 4.69) is 5.32 Å². The summed E-state index contributed by atoms with van der Waals surface area (Å²) in [5, 5.41) is 3.15. The van der Waals surface area contributed by atoms with Gasteiger partial charge in [-0.3, -0.25) is 4.79 Å². The Kier molecular flexibility index (Phi) is 6.87. The molecular formula is C9H19ClN2O2. The van der Waals surface area contributed by atoms with Gasteiger partial charge in [-0.2, -0.15) is 0 Å². The predicted octanol–water partition coefficient (Wildman–Crippen LogP) is 0.265. The van der Waals surface area contributed by atoms with Crippen LogP contribution >= 0.6 is 12.4 Å². The van der Waals surface area contributed by atoms with Crippen molar-refractivity contribution in [1.82, 2.24) is 10.2 Å². The third kappa shape index (κ3) is 3.44. The van der Waals surface area contributed by atoms with Gasteiger partial charge < -0.3 is 15.0 Å². The molecule has 1 unspecified atom stereocenters. The Morgan fingerprint density at radius 3 is 2.57 bits per heavy atom. The maximum atomic E-state index is 11.7. The second-order valence-electron chi connectivity index (χ2n) is 3.09. The summed E-state index contributed by atoms with van der Waals surface area (Å²) in [6, 6.07) is -0.131. The van der Waals surface area contributed by atoms with Crippen LogP contribution in [-0.2, 0) is 9.53 Å². The van der Waals surface area contributed by atoms with Gasteiger partial charge in [0.15, 0.2) is 0 Å². The molecule has 0 aromatic heterocycles. The highest BCUT2D eigenvalue weighted by molar-refractivity contribution is 5.85. The van der Waals surface area contributed by atoms with Crippen molar-refractivity contribution >= 4 is 18.3 Å². The summed E-state index contributed by atoms with van der Waals surface area (Å²) < 4.78 is 5.23. The highest BCUT2D eigenvalue weighted by atomic mass is 35.5. The van der Waals surface area contributed by atoms with E-state index in [1.165, 1.54) is 0 Å². The predicted molar refractivity (Wildman–Crippen MR) is 57.8 cm³/mol. The summed E-state index contributed by atoms with van der Waals surface area (Å²) in [4.78, 5) is 13.6. The van der Waals surface area contributed by atoms with Crippen LogP contribution in [0.1, 0.15) is 13.8 Å². The van der Waals surface area contributed by atoms with Gasteiger partial charge in [-0.15, -0.1) is 12.4 Å². The number of hydrogen-bond donors (Lipinski definition) is 1. The summed E-state index contributed by atoms with van der Waals surface area (Å²) in [5.41, 5.74) is 0. The largest absolute Gasteiger partial charge is 0.378 e. The fourth-order valence-corrected chi connectivity index (χ4v) is 1.48. The number of nitrogens with zero attached hydrogens (tertiary/aromatic N) is 1. The minimum atomic E-state index is -0.131. The van der Waals surface area contributed by atoms with Crippen molar-refractivity contribution in [2.75, 3.05) is 32.8 Å². The van der Waals surface area contributed by atoms with Crippen LogP contribution < -0.4 is 5.32 Å². The number of nitrogens with one attached hydrogen (secondary N) is 1. The van der Waals surface area contributed by atoms with E-state index in [1.807, 2.05) is 18.7 Å². The first kappa shape index (κ1) is 13.7. The van der Waals surface area contributed by atoms with E-state index in [0.29, 0.717) is 13.2 Å². The van der Waals surface area contributed by atoms with Crippen LogP contribution in [0.2, 0.25) is 0 Å². The van der Waals surface area contributed by atoms with Crippen molar-refractivity contribution in [3.8, 4) is 0 Å². The van der Waals surface area contributed by atoms with Gasteiger partial charge in [-0.25, -0.2) is 0 Å². The van der Waals surface area contributed by atoms with Gasteiger partial charge >= 0.3 is 0 Å². The van der Waals surface area contributed by atoms with Crippen LogP contribution in [0.4, 0.5) is 0 Å². The van der Waals surface area contributed by atoms with Crippen molar-refractivity contribution in [2.24, 2.45) is 0 Å². The zero-order chi connectivity index (χ0) is 9.68. The lowest BCUT2D eigenvalue weighted by atomic mass is 10.2. The number of carbonyl (C=O) groups is 1. The SMILES string of the molecule is CCN(CC)C(=O)C1COCCN1.Cl. The van der Waals surface area contributed by atoms with Gasteiger partial charge in [-0.05, 0) is 13.8 Å². The average molecular weight is 223 g/mol. The molecule has 14 heavy (non-hydrogen) atoms. The lowest BCUT2D eigenvalue weighted by Gasteiger charge is -2.28. The average Bonchev–Trinajstić information content (AvgIpc) is 2.21. The molecule has 1 aliphatic rings. The van der Waals surface area contributed by atoms with E-state index in [0.717, 1.165) is 19.6 Å². The van der Waals surface area contributed by atoms with E-state index in [9.17, 15) is 4.79 Å². The lowest BCUT2D eigenvalue weighted by molar-refractivity contribution is -0.135. The molecule has 0 bridgehead atoms. The van der Waals surface area contributed by atoms with Crippen LogP contribution in [0.3, 0.4) is 0 Å². The van der Waals surface area contributed by atoms with Crippen LogP contribution in [0.5, 0.6) is 0 Å². The molecule has 1 saturated heterocycles. The van der Waals surface area contributed by atoms with Crippen molar-refractivity contribution in [3.05, 3.63) is 0 Å². The molecule has 1 N–H and O–H groups in total. The lowest BCUT2D eigenvalue weighted by Crippen LogP contribution is -2.52. The number of morpholine rings is 1. The fourth-order valence-electron chi connectivity index (χ4n) is 1.48. The fraction of sp³-hybridized carbons (Fsp3) is 0.889. The zero-order valence-corrected chi connectivity index (χ0v) is 9.60. The van der Waals surface area contributed by atoms with Crippen molar-refractivity contribution < 1.29 is 9.53 Å². The van der Waals surface area contributed by atoms with Crippen LogP contribution in [0.25, 0.3) is 0 Å². The molecule has 0 aromatic carbocycles. The molecule has 84 valence electrons. The first-order valence-electron chi connectivity index (χ1n) is 4.89. The Bertz CT molecular complexity index is 168. The number of rotatable bonds is 3. The summed E-state index contributed by atoms with van der Waals surface area (Å²) in [5.74, 6) is 0.157. The second kappa shape index (κ2) is 7.04. The molecule has 1 fully saturated rings. The molecule has 0 radical (unpaired) electrons. The Morgan fingerprint density at radius 1 is 1.50 bits per heavy atom. The van der Waals surface area contributed by atoms with Gasteiger partial charge in [0, 0.05) is 19.6 Å². The Balaban J connectivity index is 0.00000169. The molecular weight excluding hydrogens is 204 g/mol. The van der Waals surface area contributed by atoms with Crippen LogP contribution in [0.15, 0.2) is 0 Å². The van der Waals surface area contributed by atoms with Crippen molar-refractivity contribution in [3.63, 3.8) is 0 Å². The van der Waals surface area contributed by atoms with Gasteiger partial charge in [0.05, 0.1) is 13.2 Å². The molecule has 0 spiro atoms. The number of amides is 1. The highest BCUT2D eigenvalue weighted by Crippen LogP contribution is 1.99. The molecule has 5 heteroatoms. The molecule has 1 heterocycles. The highest BCUT2D eigenvalue weighted by Gasteiger charge is 2.24. The Hall–Kier alpha value is -0.320. The van der Waals surface area contributed by atoms with Crippen molar-refractivity contribution in [1.29, 1.82) is 0 Å². The van der Waals surface area contributed by atoms with E-state index >= 15 is 0 Å². The standard InChI is InChI=1S/C9H18N2O2.ClH/c1-3-11(4-2)9(12)8-7-13-6-5-10-8;/h8,10H,3-7H2,1-2H3;1H. The normalized spacial score (nSPS) is 21.1. The molecule has 0 aromatic rings. The van der Waals surface area contributed by atoms with Crippen molar-refractivity contribution in [2.45, 2.75) is 19.9 Å². The number of likely N-dealkylation sites (N-methyl/N-ethyl adjacent to an activating group) is 1. The quantitative estimate of drug-likeness (QED) is 0.745. The maximum absolute atomic E-state index is 11.7. The monoisotopic (exact) mass is 222 g/mol. The molecule has 1 amide bonds. The summed E-state index contributed by atoms with van der Waals surface area (Å²) >= 11 is 0. The summed E-state index contributed by atoms with van der Waals surface area (Å²) in [6.45, 7) is 7.52. The maximum Gasteiger partial charge on any atom is 0.242 e. The second-order valence-corrected chi connectivity index (χ2v) is 3.09. The minimum Gasteiger partial charge on any atom is -0.378 e. The van der Waals surface area contributed by atoms with E-state index < -0.39 is 0 Å². The smallest absolute Gasteiger partial charge is 0.242 e. The van der Waals surface area contributed by atoms with Gasteiger partial charge in [0.25, 0.3) is 0 Å². The van der Waals surface area contributed by atoms with Crippen LogP contribution in [-0.4, -0.2) is 49.7 Å². The van der Waals surface area contributed by atoms with E-state index in [4.69, 9.17) is 4.74 Å². The van der Waals surface area contributed by atoms with E-state index in [-0.39, 0.29) is 24.4 Å². The Labute approximate surface area is 91.4 Å².